The van der Waals surface area contributed by atoms with Crippen LogP contribution in [0.3, 0.4) is 0 Å². The van der Waals surface area contributed by atoms with Crippen LogP contribution in [0.1, 0.15) is 44.2 Å². The highest BCUT2D eigenvalue weighted by Crippen LogP contribution is 2.41. The van der Waals surface area contributed by atoms with E-state index < -0.39 is 0 Å². The molecular weight excluding hydrogens is 210 g/mol. The molecule has 92 valence electrons. The fraction of sp³-hybridized carbons (Fsp3) is 0.533. The van der Waals surface area contributed by atoms with E-state index in [1.807, 2.05) is 20.8 Å². The number of rotatable bonds is 2. The van der Waals surface area contributed by atoms with E-state index in [1.54, 1.807) is 0 Å². The maximum absolute atomic E-state index is 11.8. The zero-order valence-corrected chi connectivity index (χ0v) is 11.1. The van der Waals surface area contributed by atoms with Crippen molar-refractivity contribution in [2.75, 3.05) is 0 Å². The summed E-state index contributed by atoms with van der Waals surface area (Å²) in [5.41, 5.74) is 2.35. The number of nitrogens with one attached hydrogen (secondary N) is 1. The predicted molar refractivity (Wildman–Crippen MR) is 69.9 cm³/mol. The maximum Gasteiger partial charge on any atom is 0.225 e. The molecule has 0 aliphatic heterocycles. The van der Waals surface area contributed by atoms with Crippen molar-refractivity contribution in [1.82, 2.24) is 5.32 Å². The van der Waals surface area contributed by atoms with Gasteiger partial charge in [0.15, 0.2) is 0 Å². The van der Waals surface area contributed by atoms with E-state index >= 15 is 0 Å². The number of benzene rings is 1. The fourth-order valence-corrected chi connectivity index (χ4v) is 2.01. The van der Waals surface area contributed by atoms with E-state index in [0.29, 0.717) is 12.0 Å². The van der Waals surface area contributed by atoms with Gasteiger partial charge < -0.3 is 5.32 Å². The maximum atomic E-state index is 11.8. The molecule has 1 fully saturated rings. The van der Waals surface area contributed by atoms with E-state index in [1.165, 1.54) is 11.1 Å². The summed E-state index contributed by atoms with van der Waals surface area (Å²) in [7, 11) is 0. The minimum absolute atomic E-state index is 0.151. The van der Waals surface area contributed by atoms with Crippen molar-refractivity contribution in [2.45, 2.75) is 46.1 Å². The Balaban J connectivity index is 1.96. The summed E-state index contributed by atoms with van der Waals surface area (Å²) in [6, 6.07) is 8.90. The average Bonchev–Trinajstić information content (AvgIpc) is 2.95. The molecule has 0 spiro atoms. The molecule has 0 saturated heterocycles. The van der Waals surface area contributed by atoms with Gasteiger partial charge in [-0.25, -0.2) is 0 Å². The monoisotopic (exact) mass is 231 g/mol. The predicted octanol–water partition coefficient (Wildman–Crippen LogP) is 3.01. The van der Waals surface area contributed by atoms with Gasteiger partial charge in [-0.15, -0.1) is 0 Å². The summed E-state index contributed by atoms with van der Waals surface area (Å²) in [5.74, 6) is 0.666. The molecule has 2 rings (SSSR count). The van der Waals surface area contributed by atoms with Gasteiger partial charge in [0.2, 0.25) is 5.91 Å². The first-order valence-electron chi connectivity index (χ1n) is 6.25. The summed E-state index contributed by atoms with van der Waals surface area (Å²) in [6.07, 6.45) is 1.07. The average molecular weight is 231 g/mol. The molecule has 1 saturated carbocycles. The Kier molecular flexibility index (Phi) is 2.98. The van der Waals surface area contributed by atoms with Gasteiger partial charge in [0.05, 0.1) is 0 Å². The van der Waals surface area contributed by atoms with Crippen molar-refractivity contribution in [1.29, 1.82) is 0 Å². The lowest BCUT2D eigenvalue weighted by atomic mass is 9.95. The second-order valence-electron chi connectivity index (χ2n) is 6.09. The first-order chi connectivity index (χ1) is 7.88. The zero-order chi connectivity index (χ0) is 12.6. The van der Waals surface area contributed by atoms with Crippen molar-refractivity contribution < 1.29 is 4.79 Å². The quantitative estimate of drug-likeness (QED) is 0.833. The van der Waals surface area contributed by atoms with Crippen molar-refractivity contribution in [3.8, 4) is 0 Å². The van der Waals surface area contributed by atoms with E-state index in [0.717, 1.165) is 6.42 Å². The molecule has 1 aliphatic carbocycles. The Hall–Kier alpha value is -1.31. The van der Waals surface area contributed by atoms with E-state index in [9.17, 15) is 4.79 Å². The second kappa shape index (κ2) is 4.17. The minimum Gasteiger partial charge on any atom is -0.352 e. The molecule has 2 heteroatoms. The molecule has 1 amide bonds. The van der Waals surface area contributed by atoms with Crippen molar-refractivity contribution in [3.05, 3.63) is 35.4 Å². The third-order valence-electron chi connectivity index (χ3n) is 3.26. The highest BCUT2D eigenvalue weighted by molar-refractivity contribution is 5.82. The Morgan fingerprint density at radius 1 is 1.35 bits per heavy atom. The van der Waals surface area contributed by atoms with Gasteiger partial charge in [-0.1, -0.05) is 50.6 Å². The number of carbonyl (C=O) groups excluding carboxylic acids is 1. The fourth-order valence-electron chi connectivity index (χ4n) is 2.01. The largest absolute Gasteiger partial charge is 0.352 e. The molecule has 2 atom stereocenters. The number of amides is 1. The first-order valence-corrected chi connectivity index (χ1v) is 6.25. The topological polar surface area (TPSA) is 29.1 Å². The summed E-state index contributed by atoms with van der Waals surface area (Å²) in [6.45, 7) is 7.96. The van der Waals surface area contributed by atoms with Gasteiger partial charge in [0, 0.05) is 17.4 Å². The summed E-state index contributed by atoms with van der Waals surface area (Å²) in [5, 5.41) is 3.12. The number of hydrogen-bond acceptors (Lipinski definition) is 1. The molecular formula is C15H21NO. The molecule has 0 aromatic heterocycles. The Bertz CT molecular complexity index is 431. The van der Waals surface area contributed by atoms with Crippen LogP contribution in [0, 0.1) is 12.3 Å². The number of aryl methyl sites for hydroxylation is 1. The van der Waals surface area contributed by atoms with E-state index in [-0.39, 0.29) is 11.3 Å². The second-order valence-corrected chi connectivity index (χ2v) is 6.09. The SMILES string of the molecule is Cc1cccc(C2CC2NC(=O)C(C)(C)C)c1. The summed E-state index contributed by atoms with van der Waals surface area (Å²) >= 11 is 0. The van der Waals surface area contributed by atoms with E-state index in [2.05, 4.69) is 36.5 Å². The lowest BCUT2D eigenvalue weighted by molar-refractivity contribution is -0.128. The van der Waals surface area contributed by atoms with Crippen LogP contribution < -0.4 is 5.32 Å². The lowest BCUT2D eigenvalue weighted by Gasteiger charge is -2.17. The third kappa shape index (κ3) is 2.87. The lowest BCUT2D eigenvalue weighted by Crippen LogP contribution is -2.36. The van der Waals surface area contributed by atoms with Gasteiger partial charge in [0.25, 0.3) is 0 Å². The number of carbonyl (C=O) groups is 1. The molecule has 0 heterocycles. The molecule has 1 aromatic carbocycles. The van der Waals surface area contributed by atoms with Crippen LogP contribution in [-0.2, 0) is 4.79 Å². The van der Waals surface area contributed by atoms with E-state index in [4.69, 9.17) is 0 Å². The van der Waals surface area contributed by atoms with Gasteiger partial charge in [-0.2, -0.15) is 0 Å². The molecule has 2 unspecified atom stereocenters. The van der Waals surface area contributed by atoms with Gasteiger partial charge >= 0.3 is 0 Å². The standard InChI is InChI=1S/C15H21NO/c1-10-6-5-7-11(8-10)12-9-13(12)16-14(17)15(2,3)4/h5-8,12-13H,9H2,1-4H3,(H,16,17). The Morgan fingerprint density at radius 2 is 2.06 bits per heavy atom. The van der Waals surface area contributed by atoms with Crippen LogP contribution in [0.5, 0.6) is 0 Å². The van der Waals surface area contributed by atoms with Crippen LogP contribution in [0.4, 0.5) is 0 Å². The molecule has 0 bridgehead atoms. The van der Waals surface area contributed by atoms with Crippen molar-refractivity contribution in [3.63, 3.8) is 0 Å². The highest BCUT2D eigenvalue weighted by atomic mass is 16.2. The van der Waals surface area contributed by atoms with Crippen molar-refractivity contribution >= 4 is 5.91 Å². The molecule has 2 nitrogen and oxygen atoms in total. The summed E-state index contributed by atoms with van der Waals surface area (Å²) < 4.78 is 0. The molecule has 1 aromatic rings. The molecule has 0 radical (unpaired) electrons. The third-order valence-corrected chi connectivity index (χ3v) is 3.26. The minimum atomic E-state index is -0.292. The normalized spacial score (nSPS) is 23.3. The molecule has 17 heavy (non-hydrogen) atoms. The van der Waals surface area contributed by atoms with Gasteiger partial charge in [-0.3, -0.25) is 4.79 Å². The Labute approximate surface area is 103 Å². The van der Waals surface area contributed by atoms with Crippen LogP contribution in [-0.4, -0.2) is 11.9 Å². The molecule has 1 aliphatic rings. The van der Waals surface area contributed by atoms with Crippen LogP contribution >= 0.6 is 0 Å². The van der Waals surface area contributed by atoms with Gasteiger partial charge in [-0.05, 0) is 18.9 Å². The van der Waals surface area contributed by atoms with Gasteiger partial charge in [0.1, 0.15) is 0 Å². The number of hydrogen-bond donors (Lipinski definition) is 1. The van der Waals surface area contributed by atoms with Crippen LogP contribution in [0.15, 0.2) is 24.3 Å². The molecule has 1 N–H and O–H groups in total. The smallest absolute Gasteiger partial charge is 0.225 e. The zero-order valence-electron chi connectivity index (χ0n) is 11.1. The van der Waals surface area contributed by atoms with Crippen LogP contribution in [0.2, 0.25) is 0 Å². The van der Waals surface area contributed by atoms with Crippen LogP contribution in [0.25, 0.3) is 0 Å². The Morgan fingerprint density at radius 3 is 2.65 bits per heavy atom. The first kappa shape index (κ1) is 12.2. The van der Waals surface area contributed by atoms with Crippen molar-refractivity contribution in [2.24, 2.45) is 5.41 Å². The summed E-state index contributed by atoms with van der Waals surface area (Å²) in [4.78, 5) is 11.8. The highest BCUT2D eigenvalue weighted by Gasteiger charge is 2.40.